The van der Waals surface area contributed by atoms with Crippen molar-refractivity contribution < 1.29 is 14.3 Å². The number of hydrogen-bond acceptors (Lipinski definition) is 4. The summed E-state index contributed by atoms with van der Waals surface area (Å²) in [6.07, 6.45) is 1.69. The maximum absolute atomic E-state index is 12.0. The van der Waals surface area contributed by atoms with E-state index in [1.165, 1.54) is 0 Å². The van der Waals surface area contributed by atoms with Crippen molar-refractivity contribution >= 4 is 12.0 Å². The first-order valence-electron chi connectivity index (χ1n) is 7.15. The molecule has 0 aromatic rings. The van der Waals surface area contributed by atoms with Crippen molar-refractivity contribution in [3.8, 4) is 0 Å². The molecule has 1 fully saturated rings. The normalized spacial score (nSPS) is 19.6. The van der Waals surface area contributed by atoms with Crippen molar-refractivity contribution in [1.29, 1.82) is 0 Å². The highest BCUT2D eigenvalue weighted by atomic mass is 16.6. The van der Waals surface area contributed by atoms with Crippen molar-refractivity contribution in [2.24, 2.45) is 11.7 Å². The summed E-state index contributed by atoms with van der Waals surface area (Å²) in [7, 11) is 1.75. The number of carbonyl (C=O) groups excluding carboxylic acids is 2. The molecule has 1 aliphatic rings. The molecule has 1 heterocycles. The summed E-state index contributed by atoms with van der Waals surface area (Å²) in [4.78, 5) is 26.9. The maximum Gasteiger partial charge on any atom is 0.410 e. The van der Waals surface area contributed by atoms with Gasteiger partial charge in [-0.2, -0.15) is 0 Å². The predicted molar refractivity (Wildman–Crippen MR) is 77.2 cm³/mol. The Kier molecular flexibility index (Phi) is 5.80. The average molecular weight is 285 g/mol. The fourth-order valence-corrected chi connectivity index (χ4v) is 2.35. The standard InChI is InChI=1S/C14H27N3O3/c1-14(2,3)20-13(19)17-7-5-6-11(10-17)9-16(4)12(18)8-15/h11H,5-10,15H2,1-4H3. The van der Waals surface area contributed by atoms with E-state index in [1.807, 2.05) is 20.8 Å². The molecule has 20 heavy (non-hydrogen) atoms. The quantitative estimate of drug-likeness (QED) is 0.841. The van der Waals surface area contributed by atoms with Crippen LogP contribution in [-0.2, 0) is 9.53 Å². The van der Waals surface area contributed by atoms with Crippen LogP contribution in [0.4, 0.5) is 4.79 Å². The van der Waals surface area contributed by atoms with Crippen LogP contribution in [0.5, 0.6) is 0 Å². The van der Waals surface area contributed by atoms with Crippen molar-refractivity contribution in [1.82, 2.24) is 9.80 Å². The Morgan fingerprint density at radius 3 is 2.60 bits per heavy atom. The van der Waals surface area contributed by atoms with Gasteiger partial charge in [0, 0.05) is 26.7 Å². The molecule has 1 saturated heterocycles. The van der Waals surface area contributed by atoms with E-state index in [4.69, 9.17) is 10.5 Å². The van der Waals surface area contributed by atoms with Crippen molar-refractivity contribution in [3.05, 3.63) is 0 Å². The summed E-state index contributed by atoms with van der Waals surface area (Å²) in [6, 6.07) is 0. The molecule has 2 N–H and O–H groups in total. The highest BCUT2D eigenvalue weighted by Crippen LogP contribution is 2.20. The second-order valence-corrected chi connectivity index (χ2v) is 6.41. The summed E-state index contributed by atoms with van der Waals surface area (Å²) >= 11 is 0. The largest absolute Gasteiger partial charge is 0.444 e. The molecule has 0 aromatic carbocycles. The van der Waals surface area contributed by atoms with E-state index in [0.29, 0.717) is 13.1 Å². The van der Waals surface area contributed by atoms with E-state index in [2.05, 4.69) is 0 Å². The van der Waals surface area contributed by atoms with Gasteiger partial charge in [-0.05, 0) is 39.5 Å². The Morgan fingerprint density at radius 1 is 1.40 bits per heavy atom. The fraction of sp³-hybridized carbons (Fsp3) is 0.857. The molecule has 1 rings (SSSR count). The Hall–Kier alpha value is -1.30. The zero-order valence-corrected chi connectivity index (χ0v) is 13.0. The zero-order chi connectivity index (χ0) is 15.3. The van der Waals surface area contributed by atoms with Gasteiger partial charge in [0.25, 0.3) is 0 Å². The van der Waals surface area contributed by atoms with E-state index < -0.39 is 5.60 Å². The van der Waals surface area contributed by atoms with Crippen LogP contribution in [-0.4, -0.2) is 60.6 Å². The summed E-state index contributed by atoms with van der Waals surface area (Å²) in [5, 5.41) is 0. The van der Waals surface area contributed by atoms with Crippen molar-refractivity contribution in [3.63, 3.8) is 0 Å². The fourth-order valence-electron chi connectivity index (χ4n) is 2.35. The van der Waals surface area contributed by atoms with E-state index in [1.54, 1.807) is 16.8 Å². The number of piperidine rings is 1. The highest BCUT2D eigenvalue weighted by Gasteiger charge is 2.28. The molecule has 0 aliphatic carbocycles. The molecule has 0 saturated carbocycles. The maximum atomic E-state index is 12.0. The van der Waals surface area contributed by atoms with Crippen LogP contribution in [0.3, 0.4) is 0 Å². The molecule has 0 aromatic heterocycles. The van der Waals surface area contributed by atoms with E-state index in [9.17, 15) is 9.59 Å². The molecule has 6 nitrogen and oxygen atoms in total. The summed E-state index contributed by atoms with van der Waals surface area (Å²) in [5.74, 6) is 0.219. The molecule has 116 valence electrons. The number of rotatable bonds is 3. The van der Waals surface area contributed by atoms with Crippen LogP contribution in [0, 0.1) is 5.92 Å². The topological polar surface area (TPSA) is 75.9 Å². The van der Waals surface area contributed by atoms with Gasteiger partial charge in [-0.25, -0.2) is 4.79 Å². The third kappa shape index (κ3) is 5.36. The Bertz CT molecular complexity index is 352. The number of amides is 2. The first-order chi connectivity index (χ1) is 9.23. The molecule has 1 unspecified atom stereocenters. The number of ether oxygens (including phenoxy) is 1. The molecule has 1 atom stereocenters. The number of carbonyl (C=O) groups is 2. The van der Waals surface area contributed by atoms with Gasteiger partial charge in [-0.3, -0.25) is 4.79 Å². The van der Waals surface area contributed by atoms with Gasteiger partial charge in [0.05, 0.1) is 6.54 Å². The monoisotopic (exact) mass is 285 g/mol. The van der Waals surface area contributed by atoms with Crippen molar-refractivity contribution in [2.75, 3.05) is 33.2 Å². The third-order valence-corrected chi connectivity index (χ3v) is 3.30. The van der Waals surface area contributed by atoms with Crippen molar-refractivity contribution in [2.45, 2.75) is 39.2 Å². The molecule has 6 heteroatoms. The molecule has 2 amide bonds. The Balaban J connectivity index is 2.50. The lowest BCUT2D eigenvalue weighted by atomic mass is 9.98. The van der Waals surface area contributed by atoms with Gasteiger partial charge in [-0.15, -0.1) is 0 Å². The predicted octanol–water partition coefficient (Wildman–Crippen LogP) is 1.05. The zero-order valence-electron chi connectivity index (χ0n) is 13.0. The summed E-state index contributed by atoms with van der Waals surface area (Å²) in [5.41, 5.74) is 4.87. The summed E-state index contributed by atoms with van der Waals surface area (Å²) < 4.78 is 5.39. The number of hydrogen-bond donors (Lipinski definition) is 1. The van der Waals surface area contributed by atoms with E-state index >= 15 is 0 Å². The van der Waals surface area contributed by atoms with Gasteiger partial charge in [-0.1, -0.05) is 0 Å². The molecule has 0 spiro atoms. The molecular weight excluding hydrogens is 258 g/mol. The minimum atomic E-state index is -0.476. The number of likely N-dealkylation sites (tertiary alicyclic amines) is 1. The van der Waals surface area contributed by atoms with Crippen LogP contribution >= 0.6 is 0 Å². The Morgan fingerprint density at radius 2 is 2.05 bits per heavy atom. The van der Waals surface area contributed by atoms with Crippen LogP contribution in [0.1, 0.15) is 33.6 Å². The molecule has 1 aliphatic heterocycles. The smallest absolute Gasteiger partial charge is 0.410 e. The average Bonchev–Trinajstić information content (AvgIpc) is 2.36. The number of nitrogens with zero attached hydrogens (tertiary/aromatic N) is 2. The van der Waals surface area contributed by atoms with Gasteiger partial charge < -0.3 is 20.3 Å². The minimum Gasteiger partial charge on any atom is -0.444 e. The minimum absolute atomic E-state index is 0.0268. The Labute approximate surface area is 121 Å². The SMILES string of the molecule is CN(CC1CCCN(C(=O)OC(C)(C)C)C1)C(=O)CN. The summed E-state index contributed by atoms with van der Waals surface area (Å²) in [6.45, 7) is 7.60. The van der Waals surface area contributed by atoms with Crippen LogP contribution in [0.2, 0.25) is 0 Å². The van der Waals surface area contributed by atoms with E-state index in [0.717, 1.165) is 19.4 Å². The van der Waals surface area contributed by atoms with Crippen LogP contribution in [0.25, 0.3) is 0 Å². The van der Waals surface area contributed by atoms with E-state index in [-0.39, 0.29) is 24.5 Å². The molecule has 0 bridgehead atoms. The van der Waals surface area contributed by atoms with Crippen LogP contribution < -0.4 is 5.73 Å². The molecular formula is C14H27N3O3. The second-order valence-electron chi connectivity index (χ2n) is 6.41. The van der Waals surface area contributed by atoms with Gasteiger partial charge in [0.15, 0.2) is 0 Å². The second kappa shape index (κ2) is 6.92. The lowest BCUT2D eigenvalue weighted by molar-refractivity contribution is -0.129. The van der Waals surface area contributed by atoms with Gasteiger partial charge >= 0.3 is 6.09 Å². The van der Waals surface area contributed by atoms with Gasteiger partial charge in [0.2, 0.25) is 5.91 Å². The number of nitrogens with two attached hydrogens (primary N) is 1. The van der Waals surface area contributed by atoms with Gasteiger partial charge in [0.1, 0.15) is 5.60 Å². The number of likely N-dealkylation sites (N-methyl/N-ethyl adjacent to an activating group) is 1. The lowest BCUT2D eigenvalue weighted by Crippen LogP contribution is -2.46. The van der Waals surface area contributed by atoms with Crippen LogP contribution in [0.15, 0.2) is 0 Å². The highest BCUT2D eigenvalue weighted by molar-refractivity contribution is 5.77. The first-order valence-corrected chi connectivity index (χ1v) is 7.15. The lowest BCUT2D eigenvalue weighted by Gasteiger charge is -2.35. The first kappa shape index (κ1) is 16.8. The molecule has 0 radical (unpaired) electrons. The third-order valence-electron chi connectivity index (χ3n) is 3.30.